The van der Waals surface area contributed by atoms with Crippen molar-refractivity contribution in [1.82, 2.24) is 10.6 Å². The maximum Gasteiger partial charge on any atom is 0.220 e. The van der Waals surface area contributed by atoms with E-state index in [4.69, 9.17) is 4.74 Å². The lowest BCUT2D eigenvalue weighted by Crippen LogP contribution is -2.33. The molecular formula is C18H29ClN2O2. The van der Waals surface area contributed by atoms with Gasteiger partial charge in [-0.3, -0.25) is 4.79 Å². The molecule has 1 saturated heterocycles. The molecule has 1 aromatic carbocycles. The Morgan fingerprint density at radius 3 is 3.04 bits per heavy atom. The van der Waals surface area contributed by atoms with Gasteiger partial charge in [-0.25, -0.2) is 0 Å². The average molecular weight is 341 g/mol. The molecule has 130 valence electrons. The molecule has 1 atom stereocenters. The highest BCUT2D eigenvalue weighted by molar-refractivity contribution is 5.85. The highest BCUT2D eigenvalue weighted by atomic mass is 35.5. The molecule has 1 fully saturated rings. The van der Waals surface area contributed by atoms with Crippen molar-refractivity contribution in [3.05, 3.63) is 29.8 Å². The molecule has 1 unspecified atom stereocenters. The number of carbonyl (C=O) groups is 1. The van der Waals surface area contributed by atoms with E-state index in [1.807, 2.05) is 31.2 Å². The minimum Gasteiger partial charge on any atom is -0.494 e. The van der Waals surface area contributed by atoms with Gasteiger partial charge in [0, 0.05) is 13.0 Å². The quantitative estimate of drug-likeness (QED) is 0.715. The molecule has 5 heteroatoms. The Balaban J connectivity index is 0.00000264. The molecule has 23 heavy (non-hydrogen) atoms. The fraction of sp³-hybridized carbons (Fsp3) is 0.611. The number of benzene rings is 1. The predicted molar refractivity (Wildman–Crippen MR) is 96.4 cm³/mol. The minimum atomic E-state index is 0. The molecule has 1 amide bonds. The summed E-state index contributed by atoms with van der Waals surface area (Å²) in [5.41, 5.74) is 1.19. The smallest absolute Gasteiger partial charge is 0.220 e. The lowest BCUT2D eigenvalue weighted by atomic mass is 9.96. The van der Waals surface area contributed by atoms with Gasteiger partial charge in [0.1, 0.15) is 5.75 Å². The zero-order valence-corrected chi connectivity index (χ0v) is 14.8. The molecule has 1 heterocycles. The summed E-state index contributed by atoms with van der Waals surface area (Å²) in [6, 6.07) is 7.99. The van der Waals surface area contributed by atoms with Gasteiger partial charge in [-0.05, 0) is 69.3 Å². The van der Waals surface area contributed by atoms with Gasteiger partial charge in [0.2, 0.25) is 5.91 Å². The molecule has 0 radical (unpaired) electrons. The normalized spacial score (nSPS) is 17.2. The molecule has 0 aromatic heterocycles. The highest BCUT2D eigenvalue weighted by Crippen LogP contribution is 2.13. The Kier molecular flexibility index (Phi) is 9.72. The van der Waals surface area contributed by atoms with E-state index < -0.39 is 0 Å². The number of aryl methyl sites for hydroxylation is 1. The van der Waals surface area contributed by atoms with Crippen LogP contribution >= 0.6 is 12.4 Å². The van der Waals surface area contributed by atoms with Crippen LogP contribution in [0.1, 0.15) is 37.7 Å². The standard InChI is InChI=1S/C18H28N2O2.ClH/c1-15-5-2-7-17(13-15)22-12-4-8-18(21)20-11-9-16-6-3-10-19-14-16;/h2,5,7,13,16,19H,3-4,6,8-12,14H2,1H3,(H,20,21);1H. The van der Waals surface area contributed by atoms with Crippen molar-refractivity contribution in [3.8, 4) is 5.75 Å². The van der Waals surface area contributed by atoms with Crippen molar-refractivity contribution in [2.24, 2.45) is 5.92 Å². The summed E-state index contributed by atoms with van der Waals surface area (Å²) in [5, 5.41) is 6.42. The second-order valence-electron chi connectivity index (χ2n) is 6.12. The van der Waals surface area contributed by atoms with Crippen LogP contribution in [-0.4, -0.2) is 32.1 Å². The van der Waals surface area contributed by atoms with E-state index in [9.17, 15) is 4.79 Å². The first kappa shape index (κ1) is 19.8. The summed E-state index contributed by atoms with van der Waals surface area (Å²) in [5.74, 6) is 1.74. The molecule has 0 spiro atoms. The van der Waals surface area contributed by atoms with E-state index in [0.29, 0.717) is 13.0 Å². The first-order valence-corrected chi connectivity index (χ1v) is 8.41. The van der Waals surface area contributed by atoms with E-state index >= 15 is 0 Å². The maximum absolute atomic E-state index is 11.8. The van der Waals surface area contributed by atoms with Crippen molar-refractivity contribution in [2.75, 3.05) is 26.2 Å². The second kappa shape index (κ2) is 11.3. The van der Waals surface area contributed by atoms with Crippen molar-refractivity contribution in [2.45, 2.75) is 39.0 Å². The Labute approximate surface area is 145 Å². The number of piperidine rings is 1. The molecule has 2 rings (SSSR count). The second-order valence-corrected chi connectivity index (χ2v) is 6.12. The zero-order valence-electron chi connectivity index (χ0n) is 14.0. The number of halogens is 1. The van der Waals surface area contributed by atoms with E-state index in [2.05, 4.69) is 10.6 Å². The van der Waals surface area contributed by atoms with Gasteiger partial charge in [0.15, 0.2) is 0 Å². The largest absolute Gasteiger partial charge is 0.494 e. The van der Waals surface area contributed by atoms with E-state index in [1.54, 1.807) is 0 Å². The number of hydrogen-bond acceptors (Lipinski definition) is 3. The molecular weight excluding hydrogens is 312 g/mol. The lowest BCUT2D eigenvalue weighted by Gasteiger charge is -2.22. The number of rotatable bonds is 8. The molecule has 0 saturated carbocycles. The first-order valence-electron chi connectivity index (χ1n) is 8.41. The van der Waals surface area contributed by atoms with Gasteiger partial charge in [0.05, 0.1) is 6.61 Å². The number of ether oxygens (including phenoxy) is 1. The van der Waals surface area contributed by atoms with Crippen molar-refractivity contribution in [1.29, 1.82) is 0 Å². The SMILES string of the molecule is Cc1cccc(OCCCC(=O)NCCC2CCCNC2)c1.Cl. The Bertz CT molecular complexity index is 462. The lowest BCUT2D eigenvalue weighted by molar-refractivity contribution is -0.121. The van der Waals surface area contributed by atoms with Crippen LogP contribution in [0.3, 0.4) is 0 Å². The van der Waals surface area contributed by atoms with Gasteiger partial charge in [0.25, 0.3) is 0 Å². The average Bonchev–Trinajstić information content (AvgIpc) is 2.53. The summed E-state index contributed by atoms with van der Waals surface area (Å²) < 4.78 is 5.65. The maximum atomic E-state index is 11.8. The van der Waals surface area contributed by atoms with Crippen LogP contribution in [0, 0.1) is 12.8 Å². The Hall–Kier alpha value is -1.26. The zero-order chi connectivity index (χ0) is 15.6. The van der Waals surface area contributed by atoms with Crippen LogP contribution in [-0.2, 0) is 4.79 Å². The van der Waals surface area contributed by atoms with Gasteiger partial charge < -0.3 is 15.4 Å². The van der Waals surface area contributed by atoms with Gasteiger partial charge in [-0.15, -0.1) is 12.4 Å². The predicted octanol–water partition coefficient (Wildman–Crippen LogP) is 3.08. The van der Waals surface area contributed by atoms with E-state index in [-0.39, 0.29) is 18.3 Å². The first-order chi connectivity index (χ1) is 10.7. The summed E-state index contributed by atoms with van der Waals surface area (Å²) in [6.45, 7) is 5.67. The number of nitrogens with one attached hydrogen (secondary N) is 2. The summed E-state index contributed by atoms with van der Waals surface area (Å²) >= 11 is 0. The summed E-state index contributed by atoms with van der Waals surface area (Å²) in [7, 11) is 0. The monoisotopic (exact) mass is 340 g/mol. The molecule has 1 aliphatic rings. The highest BCUT2D eigenvalue weighted by Gasteiger charge is 2.12. The van der Waals surface area contributed by atoms with Gasteiger partial charge in [-0.2, -0.15) is 0 Å². The van der Waals surface area contributed by atoms with E-state index in [1.165, 1.54) is 18.4 Å². The molecule has 2 N–H and O–H groups in total. The van der Waals surface area contributed by atoms with Crippen LogP contribution in [0.5, 0.6) is 5.75 Å². The molecule has 4 nitrogen and oxygen atoms in total. The molecule has 1 aromatic rings. The third kappa shape index (κ3) is 8.24. The molecule has 1 aliphatic heterocycles. The molecule has 0 bridgehead atoms. The Morgan fingerprint density at radius 1 is 1.43 bits per heavy atom. The van der Waals surface area contributed by atoms with Crippen LogP contribution in [0.2, 0.25) is 0 Å². The number of amides is 1. The topological polar surface area (TPSA) is 50.4 Å². The van der Waals surface area contributed by atoms with Gasteiger partial charge >= 0.3 is 0 Å². The molecule has 0 aliphatic carbocycles. The Morgan fingerprint density at radius 2 is 2.30 bits per heavy atom. The number of hydrogen-bond donors (Lipinski definition) is 2. The van der Waals surface area contributed by atoms with Crippen molar-refractivity contribution >= 4 is 18.3 Å². The fourth-order valence-corrected chi connectivity index (χ4v) is 2.80. The number of carbonyl (C=O) groups excluding carboxylic acids is 1. The van der Waals surface area contributed by atoms with Crippen LogP contribution in [0.15, 0.2) is 24.3 Å². The summed E-state index contributed by atoms with van der Waals surface area (Å²) in [6.07, 6.45) is 4.92. The van der Waals surface area contributed by atoms with Crippen LogP contribution in [0.25, 0.3) is 0 Å². The van der Waals surface area contributed by atoms with Crippen molar-refractivity contribution in [3.63, 3.8) is 0 Å². The van der Waals surface area contributed by atoms with Crippen LogP contribution < -0.4 is 15.4 Å². The third-order valence-electron chi connectivity index (χ3n) is 4.08. The fourth-order valence-electron chi connectivity index (χ4n) is 2.80. The van der Waals surface area contributed by atoms with Crippen molar-refractivity contribution < 1.29 is 9.53 Å². The van der Waals surface area contributed by atoms with Gasteiger partial charge in [-0.1, -0.05) is 12.1 Å². The minimum absolute atomic E-state index is 0. The third-order valence-corrected chi connectivity index (χ3v) is 4.08. The summed E-state index contributed by atoms with van der Waals surface area (Å²) in [4.78, 5) is 11.8. The van der Waals surface area contributed by atoms with Crippen LogP contribution in [0.4, 0.5) is 0 Å². The van der Waals surface area contributed by atoms with E-state index in [0.717, 1.165) is 44.1 Å².